The number of aryl methyl sites for hydroxylation is 2. The summed E-state index contributed by atoms with van der Waals surface area (Å²) in [4.78, 5) is 11.5. The highest BCUT2D eigenvalue weighted by Gasteiger charge is 2.16. The summed E-state index contributed by atoms with van der Waals surface area (Å²) < 4.78 is 4.78. The van der Waals surface area contributed by atoms with Crippen LogP contribution in [-0.2, 0) is 16.0 Å². The molecule has 0 spiro atoms. The van der Waals surface area contributed by atoms with Crippen LogP contribution in [0, 0.1) is 13.8 Å². The smallest absolute Gasteiger partial charge is 0.307 e. The first-order valence-electron chi connectivity index (χ1n) is 6.81. The number of hydrogen-bond donors (Lipinski definition) is 1. The minimum Gasteiger partial charge on any atom is -0.469 e. The number of carbonyl (C=O) groups is 1. The van der Waals surface area contributed by atoms with Crippen molar-refractivity contribution in [2.45, 2.75) is 52.6 Å². The number of hydrogen-bond acceptors (Lipinski definition) is 3. The maximum absolute atomic E-state index is 11.5. The van der Waals surface area contributed by atoms with Crippen LogP contribution in [0.1, 0.15) is 37.0 Å². The van der Waals surface area contributed by atoms with Crippen molar-refractivity contribution in [3.8, 4) is 0 Å². The Morgan fingerprint density at radius 1 is 1.32 bits per heavy atom. The van der Waals surface area contributed by atoms with Crippen LogP contribution in [0.25, 0.3) is 0 Å². The van der Waals surface area contributed by atoms with Gasteiger partial charge in [-0.15, -0.1) is 0 Å². The Bertz CT molecular complexity index is 427. The van der Waals surface area contributed by atoms with Crippen molar-refractivity contribution >= 4 is 5.97 Å². The number of carbonyl (C=O) groups excluding carboxylic acids is 1. The number of benzene rings is 1. The van der Waals surface area contributed by atoms with Crippen LogP contribution in [0.2, 0.25) is 0 Å². The lowest BCUT2D eigenvalue weighted by molar-refractivity contribution is -0.141. The minimum absolute atomic E-state index is 0.118. The zero-order chi connectivity index (χ0) is 14.4. The van der Waals surface area contributed by atoms with Gasteiger partial charge in [0.05, 0.1) is 13.5 Å². The van der Waals surface area contributed by atoms with E-state index in [1.54, 1.807) is 0 Å². The molecule has 1 aromatic carbocycles. The fourth-order valence-electron chi connectivity index (χ4n) is 2.23. The fraction of sp³-hybridized carbons (Fsp3) is 0.562. The largest absolute Gasteiger partial charge is 0.469 e. The van der Waals surface area contributed by atoms with Crippen molar-refractivity contribution < 1.29 is 9.53 Å². The average molecular weight is 263 g/mol. The van der Waals surface area contributed by atoms with Crippen molar-refractivity contribution in [3.63, 3.8) is 0 Å². The van der Waals surface area contributed by atoms with Gasteiger partial charge < -0.3 is 10.1 Å². The standard InChI is InChI=1S/C16H25NO2/c1-11(2)17-15(10-16(18)19-5)9-14-8-12(3)6-7-13(14)4/h6-8,11,15,17H,9-10H2,1-5H3. The zero-order valence-electron chi connectivity index (χ0n) is 12.6. The first-order chi connectivity index (χ1) is 8.92. The summed E-state index contributed by atoms with van der Waals surface area (Å²) in [6.45, 7) is 8.38. The molecule has 0 aliphatic carbocycles. The molecule has 0 amide bonds. The van der Waals surface area contributed by atoms with Crippen molar-refractivity contribution in [2.75, 3.05) is 7.11 Å². The molecule has 106 valence electrons. The quantitative estimate of drug-likeness (QED) is 0.802. The number of ether oxygens (including phenoxy) is 1. The van der Waals surface area contributed by atoms with Gasteiger partial charge in [-0.3, -0.25) is 4.79 Å². The van der Waals surface area contributed by atoms with E-state index >= 15 is 0 Å². The van der Waals surface area contributed by atoms with Gasteiger partial charge in [0.1, 0.15) is 0 Å². The molecule has 0 radical (unpaired) electrons. The van der Waals surface area contributed by atoms with E-state index in [1.165, 1.54) is 23.8 Å². The Hall–Kier alpha value is -1.35. The van der Waals surface area contributed by atoms with Gasteiger partial charge in [0, 0.05) is 12.1 Å². The predicted molar refractivity (Wildman–Crippen MR) is 78.3 cm³/mol. The summed E-state index contributed by atoms with van der Waals surface area (Å²) in [5.41, 5.74) is 3.81. The highest BCUT2D eigenvalue weighted by atomic mass is 16.5. The van der Waals surface area contributed by atoms with E-state index in [2.05, 4.69) is 51.2 Å². The second kappa shape index (κ2) is 7.29. The lowest BCUT2D eigenvalue weighted by atomic mass is 9.97. The van der Waals surface area contributed by atoms with Gasteiger partial charge in [0.25, 0.3) is 0 Å². The summed E-state index contributed by atoms with van der Waals surface area (Å²) in [6, 6.07) is 6.91. The maximum atomic E-state index is 11.5. The van der Waals surface area contributed by atoms with Gasteiger partial charge in [0.2, 0.25) is 0 Å². The Balaban J connectivity index is 2.80. The third kappa shape index (κ3) is 5.43. The number of esters is 1. The van der Waals surface area contributed by atoms with E-state index in [0.29, 0.717) is 12.5 Å². The highest BCUT2D eigenvalue weighted by Crippen LogP contribution is 2.14. The van der Waals surface area contributed by atoms with Crippen LogP contribution in [0.4, 0.5) is 0 Å². The molecular formula is C16H25NO2. The van der Waals surface area contributed by atoms with Crippen LogP contribution < -0.4 is 5.32 Å². The lowest BCUT2D eigenvalue weighted by Gasteiger charge is -2.21. The van der Waals surface area contributed by atoms with Gasteiger partial charge in [-0.25, -0.2) is 0 Å². The molecule has 1 unspecified atom stereocenters. The van der Waals surface area contributed by atoms with Crippen molar-refractivity contribution in [2.24, 2.45) is 0 Å². The van der Waals surface area contributed by atoms with Gasteiger partial charge in [0.15, 0.2) is 0 Å². The predicted octanol–water partition coefficient (Wildman–Crippen LogP) is 2.78. The summed E-state index contributed by atoms with van der Waals surface area (Å²) in [5.74, 6) is -0.163. The third-order valence-corrected chi connectivity index (χ3v) is 3.18. The molecule has 0 saturated heterocycles. The Morgan fingerprint density at radius 2 is 2.00 bits per heavy atom. The normalized spacial score (nSPS) is 12.5. The summed E-state index contributed by atoms with van der Waals surface area (Å²) in [7, 11) is 1.44. The van der Waals surface area contributed by atoms with Crippen molar-refractivity contribution in [3.05, 3.63) is 34.9 Å². The SMILES string of the molecule is COC(=O)CC(Cc1cc(C)ccc1C)NC(C)C. The Labute approximate surface area is 116 Å². The van der Waals surface area contributed by atoms with E-state index in [1.807, 2.05) is 0 Å². The van der Waals surface area contributed by atoms with E-state index in [0.717, 1.165) is 6.42 Å². The molecule has 1 aromatic rings. The molecule has 19 heavy (non-hydrogen) atoms. The maximum Gasteiger partial charge on any atom is 0.307 e. The van der Waals surface area contributed by atoms with E-state index in [9.17, 15) is 4.79 Å². The third-order valence-electron chi connectivity index (χ3n) is 3.18. The van der Waals surface area contributed by atoms with Crippen molar-refractivity contribution in [1.82, 2.24) is 5.32 Å². The lowest BCUT2D eigenvalue weighted by Crippen LogP contribution is -2.38. The first-order valence-corrected chi connectivity index (χ1v) is 6.81. The van der Waals surface area contributed by atoms with Crippen LogP contribution in [-0.4, -0.2) is 25.2 Å². The Kier molecular flexibility index (Phi) is 6.03. The second-order valence-corrected chi connectivity index (χ2v) is 5.43. The van der Waals surface area contributed by atoms with Gasteiger partial charge >= 0.3 is 5.97 Å². The van der Waals surface area contributed by atoms with Gasteiger partial charge in [-0.05, 0) is 31.4 Å². The number of methoxy groups -OCH3 is 1. The molecule has 1 rings (SSSR count). The first kappa shape index (κ1) is 15.7. The highest BCUT2D eigenvalue weighted by molar-refractivity contribution is 5.70. The molecule has 1 N–H and O–H groups in total. The molecule has 0 saturated carbocycles. The average Bonchev–Trinajstić information content (AvgIpc) is 2.32. The molecule has 1 atom stereocenters. The number of nitrogens with one attached hydrogen (secondary N) is 1. The summed E-state index contributed by atoms with van der Waals surface area (Å²) >= 11 is 0. The molecule has 0 aliphatic heterocycles. The second-order valence-electron chi connectivity index (χ2n) is 5.43. The topological polar surface area (TPSA) is 38.3 Å². The van der Waals surface area contributed by atoms with Crippen LogP contribution in [0.5, 0.6) is 0 Å². The minimum atomic E-state index is -0.163. The van der Waals surface area contributed by atoms with Crippen LogP contribution >= 0.6 is 0 Å². The fourth-order valence-corrected chi connectivity index (χ4v) is 2.23. The molecule has 0 aliphatic rings. The molecular weight excluding hydrogens is 238 g/mol. The van der Waals surface area contributed by atoms with Crippen LogP contribution in [0.15, 0.2) is 18.2 Å². The van der Waals surface area contributed by atoms with Gasteiger partial charge in [-0.1, -0.05) is 37.6 Å². The molecule has 0 fully saturated rings. The molecule has 0 bridgehead atoms. The zero-order valence-corrected chi connectivity index (χ0v) is 12.6. The van der Waals surface area contributed by atoms with Crippen molar-refractivity contribution in [1.29, 1.82) is 0 Å². The molecule has 0 heterocycles. The molecule has 3 nitrogen and oxygen atoms in total. The van der Waals surface area contributed by atoms with E-state index < -0.39 is 0 Å². The number of rotatable bonds is 6. The van der Waals surface area contributed by atoms with E-state index in [4.69, 9.17) is 4.74 Å². The summed E-state index contributed by atoms with van der Waals surface area (Å²) in [6.07, 6.45) is 1.25. The van der Waals surface area contributed by atoms with Crippen LogP contribution in [0.3, 0.4) is 0 Å². The monoisotopic (exact) mass is 263 g/mol. The summed E-state index contributed by atoms with van der Waals surface area (Å²) in [5, 5.41) is 3.44. The molecule has 0 aromatic heterocycles. The van der Waals surface area contributed by atoms with E-state index in [-0.39, 0.29) is 12.0 Å². The Morgan fingerprint density at radius 3 is 2.58 bits per heavy atom. The molecule has 3 heteroatoms. The van der Waals surface area contributed by atoms with Gasteiger partial charge in [-0.2, -0.15) is 0 Å².